The normalized spacial score (nSPS) is 11.9. The van der Waals surface area contributed by atoms with E-state index in [0.29, 0.717) is 0 Å². The second kappa shape index (κ2) is 10.8. The molecule has 0 spiro atoms. The summed E-state index contributed by atoms with van der Waals surface area (Å²) in [5, 5.41) is 6.81. The van der Waals surface area contributed by atoms with Crippen LogP contribution in [0.3, 0.4) is 0 Å². The summed E-state index contributed by atoms with van der Waals surface area (Å²) >= 11 is 0. The molecule has 51 heavy (non-hydrogen) atoms. The van der Waals surface area contributed by atoms with Gasteiger partial charge in [-0.1, -0.05) is 140 Å². The molecule has 0 N–H and O–H groups in total. The van der Waals surface area contributed by atoms with Crippen LogP contribution in [0, 0.1) is 0 Å². The van der Waals surface area contributed by atoms with Gasteiger partial charge in [-0.2, -0.15) is 0 Å². The van der Waals surface area contributed by atoms with Gasteiger partial charge in [-0.05, 0) is 58.7 Å². The van der Waals surface area contributed by atoms with E-state index in [4.69, 9.17) is 8.83 Å². The number of nitrogens with zero attached hydrogens (tertiary/aromatic N) is 1. The first-order chi connectivity index (χ1) is 25.3. The minimum atomic E-state index is 0.858. The number of aromatic nitrogens is 1. The first-order valence-electron chi connectivity index (χ1n) is 17.3. The van der Waals surface area contributed by atoms with Crippen LogP contribution in [0.1, 0.15) is 0 Å². The maximum Gasteiger partial charge on any atom is 0.159 e. The standard InChI is InChI=1S/C48H29NO2/c1-3-13-30(14-4-1)32-25-26-36-35-17-7-9-22-42(35)49(44(36)29-32)43-23-12-21-39-41-28-33(27-40(47(41)51-48(39)43)31-15-5-2-6-16-31)34-19-11-20-38-37-18-8-10-24-45(37)50-46(34)38/h1-29H. The van der Waals surface area contributed by atoms with Crippen LogP contribution in [0.25, 0.3) is 105 Å². The molecule has 8 aromatic carbocycles. The largest absolute Gasteiger partial charge is 0.455 e. The molecule has 0 aliphatic carbocycles. The highest BCUT2D eigenvalue weighted by molar-refractivity contribution is 6.17. The lowest BCUT2D eigenvalue weighted by Gasteiger charge is -2.09. The van der Waals surface area contributed by atoms with Gasteiger partial charge < -0.3 is 13.4 Å². The lowest BCUT2D eigenvalue weighted by molar-refractivity contribution is 0.667. The molecule has 11 rings (SSSR count). The van der Waals surface area contributed by atoms with Crippen molar-refractivity contribution in [2.45, 2.75) is 0 Å². The van der Waals surface area contributed by atoms with E-state index in [0.717, 1.165) is 82.9 Å². The monoisotopic (exact) mass is 651 g/mol. The minimum Gasteiger partial charge on any atom is -0.455 e. The Morgan fingerprint density at radius 2 is 0.961 bits per heavy atom. The second-order valence-electron chi connectivity index (χ2n) is 13.3. The number of benzene rings is 8. The Bertz CT molecular complexity index is 3130. The molecule has 3 heteroatoms. The highest BCUT2D eigenvalue weighted by Gasteiger charge is 2.22. The third kappa shape index (κ3) is 4.19. The molecule has 3 heterocycles. The average Bonchev–Trinajstić information content (AvgIpc) is 3.88. The SMILES string of the molecule is c1ccc(-c2ccc3c4ccccc4n(-c4cccc5c4oc4c(-c6ccccc6)cc(-c6cccc7c6oc6ccccc67)cc45)c3c2)cc1. The molecule has 0 unspecified atom stereocenters. The van der Waals surface area contributed by atoms with Crippen LogP contribution in [-0.2, 0) is 0 Å². The Morgan fingerprint density at radius 1 is 0.314 bits per heavy atom. The van der Waals surface area contributed by atoms with Gasteiger partial charge >= 0.3 is 0 Å². The maximum absolute atomic E-state index is 7.09. The molecule has 0 bridgehead atoms. The van der Waals surface area contributed by atoms with E-state index in [-0.39, 0.29) is 0 Å². The summed E-state index contributed by atoms with van der Waals surface area (Å²) in [5.41, 5.74) is 13.5. The Hall–Kier alpha value is -6.84. The van der Waals surface area contributed by atoms with E-state index >= 15 is 0 Å². The van der Waals surface area contributed by atoms with Crippen molar-refractivity contribution in [3.8, 4) is 39.1 Å². The second-order valence-corrected chi connectivity index (χ2v) is 13.3. The minimum absolute atomic E-state index is 0.858. The fraction of sp³-hybridized carbons (Fsp3) is 0. The fourth-order valence-electron chi connectivity index (χ4n) is 8.06. The van der Waals surface area contributed by atoms with Crippen molar-refractivity contribution in [3.05, 3.63) is 176 Å². The Morgan fingerprint density at radius 3 is 1.80 bits per heavy atom. The van der Waals surface area contributed by atoms with Crippen molar-refractivity contribution in [2.24, 2.45) is 0 Å². The molecule has 0 aliphatic rings. The molecule has 11 aromatic rings. The van der Waals surface area contributed by atoms with Crippen LogP contribution in [0.4, 0.5) is 0 Å². The predicted octanol–water partition coefficient (Wildman–Crippen LogP) is 13.6. The summed E-state index contributed by atoms with van der Waals surface area (Å²) in [6, 6.07) is 62.4. The number of hydrogen-bond acceptors (Lipinski definition) is 2. The molecule has 0 radical (unpaired) electrons. The molecular formula is C48H29NO2. The van der Waals surface area contributed by atoms with E-state index in [1.807, 2.05) is 12.1 Å². The maximum atomic E-state index is 7.09. The van der Waals surface area contributed by atoms with E-state index in [2.05, 4.69) is 168 Å². The van der Waals surface area contributed by atoms with E-state index < -0.39 is 0 Å². The van der Waals surface area contributed by atoms with E-state index in [1.165, 1.54) is 21.9 Å². The topological polar surface area (TPSA) is 31.2 Å². The smallest absolute Gasteiger partial charge is 0.159 e. The molecule has 3 aromatic heterocycles. The van der Waals surface area contributed by atoms with Crippen LogP contribution < -0.4 is 0 Å². The molecular weight excluding hydrogens is 623 g/mol. The number of fused-ring (bicyclic) bond motifs is 9. The van der Waals surface area contributed by atoms with Gasteiger partial charge in [0, 0.05) is 43.4 Å². The molecule has 0 atom stereocenters. The molecule has 238 valence electrons. The van der Waals surface area contributed by atoms with Gasteiger partial charge in [0.2, 0.25) is 0 Å². The van der Waals surface area contributed by atoms with Gasteiger partial charge in [-0.3, -0.25) is 0 Å². The molecule has 0 amide bonds. The highest BCUT2D eigenvalue weighted by Crippen LogP contribution is 2.45. The summed E-state index contributed by atoms with van der Waals surface area (Å²) in [5.74, 6) is 0. The van der Waals surface area contributed by atoms with Gasteiger partial charge in [-0.15, -0.1) is 0 Å². The summed E-state index contributed by atoms with van der Waals surface area (Å²) < 4.78 is 16.0. The molecule has 0 fully saturated rings. The summed E-state index contributed by atoms with van der Waals surface area (Å²) in [7, 11) is 0. The van der Waals surface area contributed by atoms with Crippen LogP contribution >= 0.6 is 0 Å². The number of para-hydroxylation sites is 4. The van der Waals surface area contributed by atoms with Crippen molar-refractivity contribution >= 4 is 65.7 Å². The summed E-state index contributed by atoms with van der Waals surface area (Å²) in [6.07, 6.45) is 0. The molecule has 0 aliphatic heterocycles. The Labute approximate surface area is 293 Å². The average molecular weight is 652 g/mol. The van der Waals surface area contributed by atoms with Crippen LogP contribution in [-0.4, -0.2) is 4.57 Å². The lowest BCUT2D eigenvalue weighted by atomic mass is 9.95. The molecule has 3 nitrogen and oxygen atoms in total. The Balaban J connectivity index is 1.22. The van der Waals surface area contributed by atoms with Gasteiger partial charge in [0.25, 0.3) is 0 Å². The van der Waals surface area contributed by atoms with Crippen molar-refractivity contribution < 1.29 is 8.83 Å². The van der Waals surface area contributed by atoms with Crippen molar-refractivity contribution in [1.29, 1.82) is 0 Å². The van der Waals surface area contributed by atoms with Crippen LogP contribution in [0.15, 0.2) is 185 Å². The summed E-state index contributed by atoms with van der Waals surface area (Å²) in [6.45, 7) is 0. The van der Waals surface area contributed by atoms with Crippen molar-refractivity contribution in [1.82, 2.24) is 4.57 Å². The summed E-state index contributed by atoms with van der Waals surface area (Å²) in [4.78, 5) is 0. The van der Waals surface area contributed by atoms with E-state index in [9.17, 15) is 0 Å². The zero-order chi connectivity index (χ0) is 33.5. The van der Waals surface area contributed by atoms with Gasteiger partial charge in [0.05, 0.1) is 16.7 Å². The highest BCUT2D eigenvalue weighted by atomic mass is 16.3. The van der Waals surface area contributed by atoms with Gasteiger partial charge in [0.1, 0.15) is 16.7 Å². The zero-order valence-electron chi connectivity index (χ0n) is 27.5. The van der Waals surface area contributed by atoms with Crippen LogP contribution in [0.2, 0.25) is 0 Å². The van der Waals surface area contributed by atoms with E-state index in [1.54, 1.807) is 0 Å². The fourth-order valence-corrected chi connectivity index (χ4v) is 8.06. The first kappa shape index (κ1) is 28.0. The number of furan rings is 2. The lowest BCUT2D eigenvalue weighted by Crippen LogP contribution is -1.94. The molecule has 0 saturated carbocycles. The van der Waals surface area contributed by atoms with Crippen molar-refractivity contribution in [3.63, 3.8) is 0 Å². The number of hydrogen-bond donors (Lipinski definition) is 0. The number of rotatable bonds is 4. The predicted molar refractivity (Wildman–Crippen MR) is 212 cm³/mol. The third-order valence-corrected chi connectivity index (χ3v) is 10.4. The first-order valence-corrected chi connectivity index (χ1v) is 17.3. The van der Waals surface area contributed by atoms with Crippen molar-refractivity contribution in [2.75, 3.05) is 0 Å². The molecule has 0 saturated heterocycles. The zero-order valence-corrected chi connectivity index (χ0v) is 27.5. The van der Waals surface area contributed by atoms with Gasteiger partial charge in [-0.25, -0.2) is 0 Å². The van der Waals surface area contributed by atoms with Gasteiger partial charge in [0.15, 0.2) is 5.58 Å². The third-order valence-electron chi connectivity index (χ3n) is 10.4. The van der Waals surface area contributed by atoms with Crippen LogP contribution in [0.5, 0.6) is 0 Å². The Kier molecular flexibility index (Phi) is 5.96. The quantitative estimate of drug-likeness (QED) is 0.190.